The minimum Gasteiger partial charge on any atom is -0.375 e. The number of halogens is 3. The second kappa shape index (κ2) is 15.6. The highest BCUT2D eigenvalue weighted by Gasteiger charge is 2.50. The van der Waals surface area contributed by atoms with E-state index in [2.05, 4.69) is 73.6 Å². The van der Waals surface area contributed by atoms with Crippen LogP contribution in [0.1, 0.15) is 68.5 Å². The van der Waals surface area contributed by atoms with Crippen molar-refractivity contribution in [2.45, 2.75) is 69.2 Å². The Hall–Kier alpha value is -5.14. The molecular formula is C47H56ClF2N11. The van der Waals surface area contributed by atoms with E-state index >= 15 is 8.78 Å². The van der Waals surface area contributed by atoms with Crippen molar-refractivity contribution in [3.63, 3.8) is 0 Å². The topological polar surface area (TPSA) is 92.7 Å². The van der Waals surface area contributed by atoms with Crippen molar-refractivity contribution in [3.8, 4) is 0 Å². The molecule has 4 fully saturated rings. The Morgan fingerprint density at radius 2 is 1.70 bits per heavy atom. The molecule has 0 amide bonds. The second-order valence-electron chi connectivity index (χ2n) is 18.1. The van der Waals surface area contributed by atoms with Crippen molar-refractivity contribution in [2.75, 3.05) is 72.9 Å². The van der Waals surface area contributed by atoms with E-state index < -0.39 is 12.0 Å². The monoisotopic (exact) mass is 847 g/mol. The molecule has 0 bridgehead atoms. The summed E-state index contributed by atoms with van der Waals surface area (Å²) >= 11 is 6.69. The number of nitrogens with one attached hydrogen (secondary N) is 3. The molecule has 3 saturated heterocycles. The van der Waals surface area contributed by atoms with Gasteiger partial charge in [0.2, 0.25) is 5.95 Å². The average Bonchev–Trinajstić information content (AvgIpc) is 4.06. The van der Waals surface area contributed by atoms with E-state index in [0.29, 0.717) is 22.7 Å². The second-order valence-corrected chi connectivity index (χ2v) is 18.5. The van der Waals surface area contributed by atoms with E-state index in [-0.39, 0.29) is 24.7 Å². The van der Waals surface area contributed by atoms with E-state index in [1.165, 1.54) is 11.1 Å². The van der Waals surface area contributed by atoms with E-state index in [9.17, 15) is 0 Å². The number of rotatable bonds is 8. The van der Waals surface area contributed by atoms with Crippen molar-refractivity contribution >= 4 is 57.0 Å². The first kappa shape index (κ1) is 40.0. The van der Waals surface area contributed by atoms with E-state index in [0.717, 1.165) is 141 Å². The number of piperidine rings is 2. The largest absolute Gasteiger partial charge is 0.375 e. The lowest BCUT2D eigenvalue weighted by molar-refractivity contribution is -0.0441. The van der Waals surface area contributed by atoms with Crippen LogP contribution in [0, 0.1) is 11.8 Å². The number of aromatic nitrogens is 4. The third kappa shape index (κ3) is 7.62. The summed E-state index contributed by atoms with van der Waals surface area (Å²) in [6.07, 6.45) is 7.65. The maximum atomic E-state index is 15.4. The Bertz CT molecular complexity index is 2440. The van der Waals surface area contributed by atoms with E-state index in [1.54, 1.807) is 6.20 Å². The van der Waals surface area contributed by atoms with Gasteiger partial charge in [-0.2, -0.15) is 10.1 Å². The summed E-state index contributed by atoms with van der Waals surface area (Å²) < 4.78 is 32.8. The fraction of sp³-hybridized carbons (Fsp3) is 0.468. The molecule has 0 spiro atoms. The summed E-state index contributed by atoms with van der Waals surface area (Å²) in [5.74, 6) is -0.795. The summed E-state index contributed by atoms with van der Waals surface area (Å²) in [5, 5.41) is 16.7. The number of hydrogen-bond acceptors (Lipinski definition) is 10. The first-order valence-corrected chi connectivity index (χ1v) is 22.3. The number of aryl methyl sites for hydroxylation is 1. The van der Waals surface area contributed by atoms with Crippen LogP contribution in [0.5, 0.6) is 0 Å². The number of allylic oxidation sites excluding steroid dienone is 3. The molecule has 1 aliphatic carbocycles. The van der Waals surface area contributed by atoms with Crippen LogP contribution < -0.4 is 30.7 Å². The third-order valence-electron chi connectivity index (χ3n) is 14.1. The SMILES string of the molecule is C=C1CCC(c2nn(C)c3cc(N4CCC(CN5CCN(c6ncc(Cl)c(Nc7ccc8c(c7)C7=C(CCC(F)(F)C(C9CC9)N7)C(=C)N8C)n6)CC5)CC4)ccc23)C(=C)N1. The summed E-state index contributed by atoms with van der Waals surface area (Å²) in [6.45, 7) is 19.4. The van der Waals surface area contributed by atoms with Gasteiger partial charge in [-0.1, -0.05) is 31.3 Å². The highest BCUT2D eigenvalue weighted by molar-refractivity contribution is 6.32. The molecule has 2 unspecified atom stereocenters. The van der Waals surface area contributed by atoms with Gasteiger partial charge in [0, 0.05) is 117 Å². The van der Waals surface area contributed by atoms with E-state index in [4.69, 9.17) is 21.7 Å². The smallest absolute Gasteiger partial charge is 0.268 e. The maximum Gasteiger partial charge on any atom is 0.268 e. The summed E-state index contributed by atoms with van der Waals surface area (Å²) in [5.41, 5.74) is 10.5. The van der Waals surface area contributed by atoms with Crippen molar-refractivity contribution < 1.29 is 8.78 Å². The molecule has 2 atom stereocenters. The number of piperazine rings is 1. The quantitative estimate of drug-likeness (QED) is 0.160. The molecule has 61 heavy (non-hydrogen) atoms. The number of fused-ring (bicyclic) bond motifs is 3. The Kier molecular flexibility index (Phi) is 10.2. The summed E-state index contributed by atoms with van der Waals surface area (Å²) in [4.78, 5) is 18.9. The van der Waals surface area contributed by atoms with Crippen LogP contribution in [0.4, 0.5) is 37.6 Å². The van der Waals surface area contributed by atoms with Crippen LogP contribution in [-0.2, 0) is 7.05 Å². The van der Waals surface area contributed by atoms with Gasteiger partial charge >= 0.3 is 0 Å². The number of likely N-dealkylation sites (N-methyl/N-ethyl adjacent to an activating group) is 1. The molecule has 320 valence electrons. The molecule has 7 heterocycles. The zero-order valence-corrected chi connectivity index (χ0v) is 36.0. The average molecular weight is 848 g/mol. The standard InChI is InChI=1S/C47H56ClF2N11/c1-28-6-11-35(29(2)52-28)43-37-12-10-34(25-41(37)58(5)56-43)60-18-15-31(16-19-60)27-59-20-22-61(23-21-59)46-51-26-39(48)45(55-46)53-33-9-13-40-38(24-33)42-36(30(3)57(40)4)14-17-47(49,50)44(54-42)32-7-8-32/h9-10,12-13,24-26,31-32,35,44,52,54H,1-3,6-8,11,14-23,27H2,4-5H3,(H,51,53,55). The minimum absolute atomic E-state index is 0.0130. The molecular weight excluding hydrogens is 792 g/mol. The van der Waals surface area contributed by atoms with Gasteiger partial charge in [0.1, 0.15) is 5.02 Å². The molecule has 2 aromatic carbocycles. The van der Waals surface area contributed by atoms with Crippen molar-refractivity contribution in [1.82, 2.24) is 35.3 Å². The predicted octanol–water partition coefficient (Wildman–Crippen LogP) is 8.77. The fourth-order valence-electron chi connectivity index (χ4n) is 10.3. The van der Waals surface area contributed by atoms with Gasteiger partial charge in [-0.05, 0) is 98.8 Å². The lowest BCUT2D eigenvalue weighted by Crippen LogP contribution is -2.49. The van der Waals surface area contributed by atoms with Crippen LogP contribution in [0.15, 0.2) is 85.0 Å². The first-order chi connectivity index (χ1) is 29.4. The Morgan fingerprint density at radius 3 is 2.46 bits per heavy atom. The molecule has 10 rings (SSSR count). The molecule has 4 aromatic rings. The molecule has 0 radical (unpaired) electrons. The highest BCUT2D eigenvalue weighted by Crippen LogP contribution is 2.49. The van der Waals surface area contributed by atoms with E-state index in [1.807, 2.05) is 41.9 Å². The van der Waals surface area contributed by atoms with Gasteiger partial charge in [0.05, 0.1) is 29.1 Å². The highest BCUT2D eigenvalue weighted by atomic mass is 35.5. The van der Waals surface area contributed by atoms with Crippen LogP contribution in [0.3, 0.4) is 0 Å². The lowest BCUT2D eigenvalue weighted by Gasteiger charge is -2.39. The van der Waals surface area contributed by atoms with Gasteiger partial charge in [0.25, 0.3) is 5.92 Å². The van der Waals surface area contributed by atoms with Gasteiger partial charge < -0.3 is 30.7 Å². The van der Waals surface area contributed by atoms with Crippen molar-refractivity contribution in [1.29, 1.82) is 0 Å². The number of anilines is 5. The minimum atomic E-state index is -2.79. The Balaban J connectivity index is 0.753. The molecule has 14 heteroatoms. The molecule has 11 nitrogen and oxygen atoms in total. The maximum absolute atomic E-state index is 15.4. The zero-order valence-electron chi connectivity index (χ0n) is 35.3. The van der Waals surface area contributed by atoms with Crippen LogP contribution in [0.25, 0.3) is 16.6 Å². The number of alkyl halides is 2. The van der Waals surface area contributed by atoms with Crippen molar-refractivity contribution in [3.05, 3.63) is 101 Å². The number of nitrogens with zero attached hydrogens (tertiary/aromatic N) is 8. The zero-order chi connectivity index (χ0) is 42.2. The van der Waals surface area contributed by atoms with Crippen LogP contribution >= 0.6 is 11.6 Å². The van der Waals surface area contributed by atoms with Gasteiger partial charge in [-0.15, -0.1) is 0 Å². The van der Waals surface area contributed by atoms with Crippen LogP contribution in [-0.4, -0.2) is 89.5 Å². The van der Waals surface area contributed by atoms with Crippen LogP contribution in [0.2, 0.25) is 5.02 Å². The van der Waals surface area contributed by atoms with Gasteiger partial charge in [0.15, 0.2) is 5.82 Å². The van der Waals surface area contributed by atoms with Gasteiger partial charge in [-0.3, -0.25) is 9.58 Å². The normalized spacial score (nSPS) is 23.8. The molecule has 5 aliphatic heterocycles. The number of benzene rings is 2. The first-order valence-electron chi connectivity index (χ1n) is 22.0. The molecule has 6 aliphatic rings. The van der Waals surface area contributed by atoms with Crippen molar-refractivity contribution in [2.24, 2.45) is 18.9 Å². The summed E-state index contributed by atoms with van der Waals surface area (Å²) in [7, 11) is 3.99. The Labute approximate surface area is 362 Å². The Morgan fingerprint density at radius 1 is 0.918 bits per heavy atom. The third-order valence-corrected chi connectivity index (χ3v) is 14.3. The molecule has 1 saturated carbocycles. The number of hydrogen-bond donors (Lipinski definition) is 3. The fourth-order valence-corrected chi connectivity index (χ4v) is 10.4. The lowest BCUT2D eigenvalue weighted by atomic mass is 9.90. The predicted molar refractivity (Wildman–Crippen MR) is 243 cm³/mol. The molecule has 2 aromatic heterocycles. The summed E-state index contributed by atoms with van der Waals surface area (Å²) in [6, 6.07) is 11.9. The van der Waals surface area contributed by atoms with Gasteiger partial charge in [-0.25, -0.2) is 13.8 Å². The molecule has 3 N–H and O–H groups in total.